The van der Waals surface area contributed by atoms with E-state index >= 15 is 0 Å². The lowest BCUT2D eigenvalue weighted by molar-refractivity contribution is 0.0278. The molecule has 1 aromatic rings. The standard InChI is InChI=1S/C10H10FNO2/c11-7-2-1-6-3-8(5-12)14-10(13)9(6)4-7/h1-2,4,8H,3,5,12H2. The molecule has 1 aliphatic heterocycles. The van der Waals surface area contributed by atoms with Gasteiger partial charge in [-0.15, -0.1) is 0 Å². The monoisotopic (exact) mass is 195 g/mol. The van der Waals surface area contributed by atoms with E-state index < -0.39 is 11.8 Å². The van der Waals surface area contributed by atoms with Crippen molar-refractivity contribution >= 4 is 5.97 Å². The fourth-order valence-corrected chi connectivity index (χ4v) is 1.55. The van der Waals surface area contributed by atoms with Gasteiger partial charge in [0.1, 0.15) is 11.9 Å². The Balaban J connectivity index is 2.40. The minimum absolute atomic E-state index is 0.277. The van der Waals surface area contributed by atoms with E-state index in [1.165, 1.54) is 12.1 Å². The third kappa shape index (κ3) is 1.48. The van der Waals surface area contributed by atoms with Crippen molar-refractivity contribution in [3.05, 3.63) is 35.1 Å². The van der Waals surface area contributed by atoms with Crippen LogP contribution >= 0.6 is 0 Å². The molecule has 0 aromatic heterocycles. The maximum atomic E-state index is 12.8. The molecule has 2 N–H and O–H groups in total. The number of benzene rings is 1. The molecule has 3 nitrogen and oxygen atoms in total. The van der Waals surface area contributed by atoms with Gasteiger partial charge in [-0.25, -0.2) is 9.18 Å². The highest BCUT2D eigenvalue weighted by Crippen LogP contribution is 2.20. The summed E-state index contributed by atoms with van der Waals surface area (Å²) in [5, 5.41) is 0. The Labute approximate surface area is 80.7 Å². The lowest BCUT2D eigenvalue weighted by Gasteiger charge is -2.23. The summed E-state index contributed by atoms with van der Waals surface area (Å²) in [6, 6.07) is 4.14. The second-order valence-electron chi connectivity index (χ2n) is 3.27. The van der Waals surface area contributed by atoms with Crippen LogP contribution in [0.2, 0.25) is 0 Å². The van der Waals surface area contributed by atoms with Crippen molar-refractivity contribution < 1.29 is 13.9 Å². The maximum Gasteiger partial charge on any atom is 0.338 e. The first-order chi connectivity index (χ1) is 6.70. The van der Waals surface area contributed by atoms with Gasteiger partial charge in [-0.05, 0) is 17.7 Å². The lowest BCUT2D eigenvalue weighted by Crippen LogP contribution is -2.33. The molecule has 14 heavy (non-hydrogen) atoms. The molecule has 1 atom stereocenters. The second-order valence-corrected chi connectivity index (χ2v) is 3.27. The molecule has 0 aliphatic carbocycles. The van der Waals surface area contributed by atoms with Gasteiger partial charge in [0.25, 0.3) is 0 Å². The number of hydrogen-bond donors (Lipinski definition) is 1. The van der Waals surface area contributed by atoms with Crippen LogP contribution in [0.3, 0.4) is 0 Å². The first-order valence-electron chi connectivity index (χ1n) is 4.40. The first kappa shape index (κ1) is 9.15. The van der Waals surface area contributed by atoms with Crippen molar-refractivity contribution in [1.82, 2.24) is 0 Å². The van der Waals surface area contributed by atoms with Crippen LogP contribution in [0.5, 0.6) is 0 Å². The number of nitrogens with two attached hydrogens (primary N) is 1. The third-order valence-corrected chi connectivity index (χ3v) is 2.28. The maximum absolute atomic E-state index is 12.8. The zero-order valence-electron chi connectivity index (χ0n) is 7.50. The van der Waals surface area contributed by atoms with Crippen LogP contribution in [-0.2, 0) is 11.2 Å². The van der Waals surface area contributed by atoms with Crippen molar-refractivity contribution in [3.63, 3.8) is 0 Å². The van der Waals surface area contributed by atoms with Crippen molar-refractivity contribution in [3.8, 4) is 0 Å². The predicted molar refractivity (Wildman–Crippen MR) is 48.4 cm³/mol. The Morgan fingerprint density at radius 3 is 3.07 bits per heavy atom. The highest BCUT2D eigenvalue weighted by Gasteiger charge is 2.25. The molecule has 0 saturated heterocycles. The Hall–Kier alpha value is -1.42. The fourth-order valence-electron chi connectivity index (χ4n) is 1.55. The van der Waals surface area contributed by atoms with Gasteiger partial charge >= 0.3 is 5.97 Å². The summed E-state index contributed by atoms with van der Waals surface area (Å²) in [5.74, 6) is -0.909. The predicted octanol–water partition coefficient (Wildman–Crippen LogP) is 0.866. The number of halogens is 1. The summed E-state index contributed by atoms with van der Waals surface area (Å²) in [6.45, 7) is 0.294. The van der Waals surface area contributed by atoms with E-state index in [0.717, 1.165) is 5.56 Å². The molecular formula is C10H10FNO2. The van der Waals surface area contributed by atoms with E-state index in [0.29, 0.717) is 18.5 Å². The molecule has 0 bridgehead atoms. The van der Waals surface area contributed by atoms with Gasteiger partial charge in [0.2, 0.25) is 0 Å². The van der Waals surface area contributed by atoms with E-state index in [9.17, 15) is 9.18 Å². The molecule has 1 heterocycles. The van der Waals surface area contributed by atoms with E-state index in [4.69, 9.17) is 10.5 Å². The molecule has 1 aliphatic rings. The zero-order chi connectivity index (χ0) is 10.1. The van der Waals surface area contributed by atoms with Crippen LogP contribution < -0.4 is 5.73 Å². The topological polar surface area (TPSA) is 52.3 Å². The number of cyclic esters (lactones) is 1. The molecule has 1 aromatic carbocycles. The molecule has 1 unspecified atom stereocenters. The molecule has 4 heteroatoms. The Kier molecular flexibility index (Phi) is 2.21. The molecule has 0 amide bonds. The summed E-state index contributed by atoms with van der Waals surface area (Å²) in [5.41, 5.74) is 6.52. The molecule has 2 rings (SSSR count). The summed E-state index contributed by atoms with van der Waals surface area (Å²) in [6.07, 6.45) is 0.290. The Bertz CT molecular complexity index is 378. The zero-order valence-corrected chi connectivity index (χ0v) is 7.50. The van der Waals surface area contributed by atoms with Gasteiger partial charge in [-0.3, -0.25) is 0 Å². The number of carbonyl (C=O) groups excluding carboxylic acids is 1. The van der Waals surface area contributed by atoms with Gasteiger partial charge in [0, 0.05) is 13.0 Å². The van der Waals surface area contributed by atoms with Crippen molar-refractivity contribution in [2.75, 3.05) is 6.54 Å². The molecule has 74 valence electrons. The highest BCUT2D eigenvalue weighted by atomic mass is 19.1. The largest absolute Gasteiger partial charge is 0.457 e. The van der Waals surface area contributed by atoms with Gasteiger partial charge in [0.15, 0.2) is 0 Å². The fraction of sp³-hybridized carbons (Fsp3) is 0.300. The second kappa shape index (κ2) is 3.38. The highest BCUT2D eigenvalue weighted by molar-refractivity contribution is 5.92. The quantitative estimate of drug-likeness (QED) is 0.676. The number of ether oxygens (including phenoxy) is 1. The normalized spacial score (nSPS) is 20.1. The average molecular weight is 195 g/mol. The molecular weight excluding hydrogens is 185 g/mol. The first-order valence-corrected chi connectivity index (χ1v) is 4.40. The van der Waals surface area contributed by atoms with Crippen molar-refractivity contribution in [2.45, 2.75) is 12.5 Å². The summed E-state index contributed by atoms with van der Waals surface area (Å²) < 4.78 is 17.8. The minimum Gasteiger partial charge on any atom is -0.457 e. The molecule has 0 fully saturated rings. The minimum atomic E-state index is -0.485. The summed E-state index contributed by atoms with van der Waals surface area (Å²) in [4.78, 5) is 11.4. The number of rotatable bonds is 1. The van der Waals surface area contributed by atoms with Gasteiger partial charge in [-0.2, -0.15) is 0 Å². The van der Waals surface area contributed by atoms with Gasteiger partial charge < -0.3 is 10.5 Å². The summed E-state index contributed by atoms with van der Waals surface area (Å²) >= 11 is 0. The molecule has 0 saturated carbocycles. The Morgan fingerprint density at radius 1 is 1.57 bits per heavy atom. The molecule has 0 radical (unpaired) electrons. The van der Waals surface area contributed by atoms with Crippen LogP contribution in [0.4, 0.5) is 4.39 Å². The number of fused-ring (bicyclic) bond motifs is 1. The molecule has 0 spiro atoms. The SMILES string of the molecule is NCC1Cc2ccc(F)cc2C(=O)O1. The van der Waals surface area contributed by atoms with E-state index in [1.54, 1.807) is 6.07 Å². The third-order valence-electron chi connectivity index (χ3n) is 2.28. The number of carbonyl (C=O) groups is 1. The van der Waals surface area contributed by atoms with Crippen molar-refractivity contribution in [2.24, 2.45) is 5.73 Å². The van der Waals surface area contributed by atoms with Gasteiger partial charge in [0.05, 0.1) is 5.56 Å². The van der Waals surface area contributed by atoms with Crippen LogP contribution in [0, 0.1) is 5.82 Å². The van der Waals surface area contributed by atoms with Crippen LogP contribution in [0.15, 0.2) is 18.2 Å². The van der Waals surface area contributed by atoms with E-state index in [2.05, 4.69) is 0 Å². The van der Waals surface area contributed by atoms with Crippen molar-refractivity contribution in [1.29, 1.82) is 0 Å². The lowest BCUT2D eigenvalue weighted by atomic mass is 9.98. The smallest absolute Gasteiger partial charge is 0.338 e. The number of hydrogen-bond acceptors (Lipinski definition) is 3. The number of esters is 1. The summed E-state index contributed by atoms with van der Waals surface area (Å²) in [7, 11) is 0. The van der Waals surface area contributed by atoms with E-state index in [-0.39, 0.29) is 6.10 Å². The van der Waals surface area contributed by atoms with Crippen LogP contribution in [-0.4, -0.2) is 18.6 Å². The van der Waals surface area contributed by atoms with Gasteiger partial charge in [-0.1, -0.05) is 6.07 Å². The van der Waals surface area contributed by atoms with Crippen LogP contribution in [0.1, 0.15) is 15.9 Å². The van der Waals surface area contributed by atoms with Crippen LogP contribution in [0.25, 0.3) is 0 Å². The Morgan fingerprint density at radius 2 is 2.36 bits per heavy atom. The van der Waals surface area contributed by atoms with E-state index in [1.807, 2.05) is 0 Å². The average Bonchev–Trinajstić information content (AvgIpc) is 2.19.